The number of halogens is 3. The van der Waals surface area contributed by atoms with Gasteiger partial charge in [0.15, 0.2) is 5.82 Å². The van der Waals surface area contributed by atoms with Crippen LogP contribution in [-0.2, 0) is 6.54 Å². The average molecular weight is 300 g/mol. The van der Waals surface area contributed by atoms with Crippen LogP contribution in [-0.4, -0.2) is 27.7 Å². The summed E-state index contributed by atoms with van der Waals surface area (Å²) in [5.41, 5.74) is 0.669. The lowest BCUT2D eigenvalue weighted by Crippen LogP contribution is -2.17. The van der Waals surface area contributed by atoms with E-state index in [1.54, 1.807) is 0 Å². The van der Waals surface area contributed by atoms with Gasteiger partial charge in [-0.05, 0) is 38.1 Å². The van der Waals surface area contributed by atoms with Crippen molar-refractivity contribution in [2.45, 2.75) is 26.8 Å². The summed E-state index contributed by atoms with van der Waals surface area (Å²) in [6, 6.07) is 5.55. The zero-order valence-corrected chi connectivity index (χ0v) is 11.6. The second-order valence-corrected chi connectivity index (χ2v) is 4.19. The molecule has 0 saturated heterocycles. The van der Waals surface area contributed by atoms with Crippen LogP contribution in [0.15, 0.2) is 24.3 Å². The van der Waals surface area contributed by atoms with Crippen molar-refractivity contribution >= 4 is 5.95 Å². The van der Waals surface area contributed by atoms with E-state index < -0.39 is 6.36 Å². The number of hydrogen-bond donors (Lipinski definition) is 1. The van der Waals surface area contributed by atoms with E-state index in [4.69, 9.17) is 0 Å². The summed E-state index contributed by atoms with van der Waals surface area (Å²) < 4.78 is 42.0. The number of ether oxygens (including phenoxy) is 1. The number of rotatable bonds is 5. The molecule has 0 aliphatic carbocycles. The van der Waals surface area contributed by atoms with Gasteiger partial charge in [-0.25, -0.2) is 0 Å². The van der Waals surface area contributed by atoms with Gasteiger partial charge in [0.2, 0.25) is 5.95 Å². The number of aromatic nitrogens is 3. The predicted octanol–water partition coefficient (Wildman–Crippen LogP) is 3.30. The van der Waals surface area contributed by atoms with Gasteiger partial charge in [-0.1, -0.05) is 0 Å². The van der Waals surface area contributed by atoms with E-state index in [0.29, 0.717) is 30.4 Å². The van der Waals surface area contributed by atoms with Gasteiger partial charge in [0.25, 0.3) is 0 Å². The van der Waals surface area contributed by atoms with Crippen LogP contribution < -0.4 is 10.1 Å². The van der Waals surface area contributed by atoms with Crippen molar-refractivity contribution in [3.63, 3.8) is 0 Å². The van der Waals surface area contributed by atoms with Crippen molar-refractivity contribution in [2.75, 3.05) is 11.9 Å². The summed E-state index contributed by atoms with van der Waals surface area (Å²) in [6.07, 6.45) is -4.69. The van der Waals surface area contributed by atoms with Gasteiger partial charge >= 0.3 is 6.36 Å². The van der Waals surface area contributed by atoms with E-state index in [1.165, 1.54) is 24.3 Å². The van der Waals surface area contributed by atoms with Crippen molar-refractivity contribution in [3.05, 3.63) is 24.3 Å². The molecular weight excluding hydrogens is 285 g/mol. The minimum Gasteiger partial charge on any atom is -0.406 e. The third kappa shape index (κ3) is 3.65. The zero-order valence-electron chi connectivity index (χ0n) is 11.6. The predicted molar refractivity (Wildman–Crippen MR) is 72.0 cm³/mol. The maximum atomic E-state index is 12.1. The highest BCUT2D eigenvalue weighted by Gasteiger charge is 2.31. The third-order valence-electron chi connectivity index (χ3n) is 2.75. The van der Waals surface area contributed by atoms with Gasteiger partial charge in [0, 0.05) is 18.7 Å². The lowest BCUT2D eigenvalue weighted by Gasteiger charge is -2.10. The maximum absolute atomic E-state index is 12.1. The number of nitrogens with one attached hydrogen (secondary N) is 1. The molecule has 1 heterocycles. The fourth-order valence-corrected chi connectivity index (χ4v) is 1.91. The first-order valence-electron chi connectivity index (χ1n) is 6.47. The van der Waals surface area contributed by atoms with Crippen molar-refractivity contribution in [1.29, 1.82) is 0 Å². The van der Waals surface area contributed by atoms with E-state index >= 15 is 0 Å². The highest BCUT2D eigenvalue weighted by molar-refractivity contribution is 5.58. The van der Waals surface area contributed by atoms with E-state index in [1.807, 2.05) is 18.4 Å². The molecule has 2 aromatic rings. The van der Waals surface area contributed by atoms with E-state index in [0.717, 1.165) is 0 Å². The molecule has 114 valence electrons. The van der Waals surface area contributed by atoms with E-state index in [2.05, 4.69) is 20.3 Å². The Balaban J connectivity index is 2.26. The molecule has 0 spiro atoms. The molecule has 1 aromatic carbocycles. The Morgan fingerprint density at radius 1 is 1.14 bits per heavy atom. The van der Waals surface area contributed by atoms with Crippen molar-refractivity contribution in [2.24, 2.45) is 0 Å². The minimum absolute atomic E-state index is 0.263. The monoisotopic (exact) mass is 300 g/mol. The third-order valence-corrected chi connectivity index (χ3v) is 2.75. The molecule has 0 atom stereocenters. The first-order chi connectivity index (χ1) is 9.94. The second kappa shape index (κ2) is 6.02. The molecule has 0 fully saturated rings. The van der Waals surface area contributed by atoms with Gasteiger partial charge in [-0.2, -0.15) is 0 Å². The summed E-state index contributed by atoms with van der Waals surface area (Å²) in [5.74, 6) is 0.957. The van der Waals surface area contributed by atoms with Crippen molar-refractivity contribution in [1.82, 2.24) is 14.8 Å². The molecule has 0 aliphatic rings. The first-order valence-corrected chi connectivity index (χ1v) is 6.47. The lowest BCUT2D eigenvalue weighted by atomic mass is 10.2. The van der Waals surface area contributed by atoms with Gasteiger partial charge < -0.3 is 10.1 Å². The van der Waals surface area contributed by atoms with Gasteiger partial charge in [0.05, 0.1) is 0 Å². The first kappa shape index (κ1) is 15.1. The molecule has 21 heavy (non-hydrogen) atoms. The number of hydrogen-bond acceptors (Lipinski definition) is 4. The normalized spacial score (nSPS) is 11.5. The average Bonchev–Trinajstić information content (AvgIpc) is 2.81. The van der Waals surface area contributed by atoms with Gasteiger partial charge in [-0.3, -0.25) is 4.57 Å². The largest absolute Gasteiger partial charge is 0.573 e. The van der Waals surface area contributed by atoms with Gasteiger partial charge in [0.1, 0.15) is 5.75 Å². The molecule has 2 rings (SSSR count). The Bertz CT molecular complexity index is 592. The quantitative estimate of drug-likeness (QED) is 0.920. The highest BCUT2D eigenvalue weighted by atomic mass is 19.4. The van der Waals surface area contributed by atoms with Crippen LogP contribution in [0.2, 0.25) is 0 Å². The Labute approximate surface area is 119 Å². The molecule has 0 bridgehead atoms. The van der Waals surface area contributed by atoms with Crippen LogP contribution in [0.5, 0.6) is 5.75 Å². The summed E-state index contributed by atoms with van der Waals surface area (Å²) in [4.78, 5) is 0. The summed E-state index contributed by atoms with van der Waals surface area (Å²) >= 11 is 0. The SMILES string of the molecule is CCNc1nnc(-c2ccc(OC(F)(F)F)cc2)n1CC. The standard InChI is InChI=1S/C13H15F3N4O/c1-3-17-12-19-18-11(20(12)4-2)9-5-7-10(8-6-9)21-13(14,15)16/h5-8H,3-4H2,1-2H3,(H,17,19). The molecule has 0 amide bonds. The van der Waals surface area contributed by atoms with E-state index in [-0.39, 0.29) is 5.75 Å². The smallest absolute Gasteiger partial charge is 0.406 e. The zero-order chi connectivity index (χ0) is 15.5. The van der Waals surface area contributed by atoms with Crippen LogP contribution in [0, 0.1) is 0 Å². The second-order valence-electron chi connectivity index (χ2n) is 4.19. The minimum atomic E-state index is -4.69. The number of anilines is 1. The Morgan fingerprint density at radius 3 is 2.33 bits per heavy atom. The highest BCUT2D eigenvalue weighted by Crippen LogP contribution is 2.26. The molecule has 0 saturated carbocycles. The van der Waals surface area contributed by atoms with E-state index in [9.17, 15) is 13.2 Å². The van der Waals surface area contributed by atoms with Crippen LogP contribution in [0.1, 0.15) is 13.8 Å². The number of alkyl halides is 3. The fraction of sp³-hybridized carbons (Fsp3) is 0.385. The Morgan fingerprint density at radius 2 is 1.81 bits per heavy atom. The molecular formula is C13H15F3N4O. The summed E-state index contributed by atoms with van der Waals surface area (Å²) in [6.45, 7) is 5.23. The Kier molecular flexibility index (Phi) is 4.35. The summed E-state index contributed by atoms with van der Waals surface area (Å²) in [5, 5.41) is 11.2. The Hall–Kier alpha value is -2.25. The molecule has 1 N–H and O–H groups in total. The summed E-state index contributed by atoms with van der Waals surface area (Å²) in [7, 11) is 0. The van der Waals surface area contributed by atoms with Crippen LogP contribution in [0.4, 0.5) is 19.1 Å². The topological polar surface area (TPSA) is 52.0 Å². The molecule has 8 heteroatoms. The number of benzene rings is 1. The van der Waals surface area contributed by atoms with Crippen molar-refractivity contribution in [3.8, 4) is 17.1 Å². The van der Waals surface area contributed by atoms with Crippen LogP contribution >= 0.6 is 0 Å². The molecule has 5 nitrogen and oxygen atoms in total. The van der Waals surface area contributed by atoms with Crippen molar-refractivity contribution < 1.29 is 17.9 Å². The number of nitrogens with zero attached hydrogens (tertiary/aromatic N) is 3. The molecule has 0 radical (unpaired) electrons. The molecule has 0 unspecified atom stereocenters. The molecule has 0 aliphatic heterocycles. The fourth-order valence-electron chi connectivity index (χ4n) is 1.91. The van der Waals surface area contributed by atoms with Crippen LogP contribution in [0.25, 0.3) is 11.4 Å². The van der Waals surface area contributed by atoms with Crippen LogP contribution in [0.3, 0.4) is 0 Å². The molecule has 1 aromatic heterocycles. The van der Waals surface area contributed by atoms with Gasteiger partial charge in [-0.15, -0.1) is 23.4 Å². The maximum Gasteiger partial charge on any atom is 0.573 e. The lowest BCUT2D eigenvalue weighted by molar-refractivity contribution is -0.274.